The van der Waals surface area contributed by atoms with Crippen molar-refractivity contribution >= 4 is 13.7 Å². The first-order valence-electron chi connectivity index (χ1n) is 22.1. The highest BCUT2D eigenvalue weighted by atomic mass is 31.2. The van der Waals surface area contributed by atoms with E-state index < -0.39 is 20.0 Å². The molecule has 5 N–H and O–H groups in total. The molecule has 0 aliphatic heterocycles. The van der Waals surface area contributed by atoms with Gasteiger partial charge in [-0.1, -0.05) is 183 Å². The van der Waals surface area contributed by atoms with Crippen LogP contribution in [0.5, 0.6) is 0 Å². The molecular formula is C46H83N2O6P. The molecule has 0 aromatic carbocycles. The van der Waals surface area contributed by atoms with E-state index in [1.165, 1.54) is 77.0 Å². The molecule has 55 heavy (non-hydrogen) atoms. The summed E-state index contributed by atoms with van der Waals surface area (Å²) in [5.41, 5.74) is 5.38. The maximum atomic E-state index is 12.8. The zero-order chi connectivity index (χ0) is 40.3. The lowest BCUT2D eigenvalue weighted by atomic mass is 10.0. The normalized spacial score (nSPS) is 14.8. The van der Waals surface area contributed by atoms with Gasteiger partial charge in [-0.2, -0.15) is 0 Å². The third kappa shape index (κ3) is 40.0. The number of rotatable bonds is 40. The van der Waals surface area contributed by atoms with E-state index in [2.05, 4.69) is 92.1 Å². The molecule has 0 aliphatic carbocycles. The van der Waals surface area contributed by atoms with Gasteiger partial charge in [0.1, 0.15) is 0 Å². The SMILES string of the molecule is CC/C=C\C/C=C\C/C=C\C/C=C\C/C=C\C/C=C\CCCCC(=O)NC(COP(=O)(O)OCCN)C(O)CCCCCCCCCCCCCCCCC. The first-order chi connectivity index (χ1) is 26.9. The first kappa shape index (κ1) is 52.9. The quantitative estimate of drug-likeness (QED) is 0.0276. The summed E-state index contributed by atoms with van der Waals surface area (Å²) in [6, 6.07) is -0.801. The number of carbonyl (C=O) groups is 1. The van der Waals surface area contributed by atoms with Gasteiger partial charge >= 0.3 is 7.82 Å². The van der Waals surface area contributed by atoms with Crippen LogP contribution in [0.15, 0.2) is 72.9 Å². The van der Waals surface area contributed by atoms with Crippen molar-refractivity contribution in [3.8, 4) is 0 Å². The van der Waals surface area contributed by atoms with E-state index in [0.29, 0.717) is 19.3 Å². The average Bonchev–Trinajstić information content (AvgIpc) is 3.17. The summed E-state index contributed by atoms with van der Waals surface area (Å²) in [6.07, 6.45) is 53.4. The monoisotopic (exact) mass is 791 g/mol. The molecule has 3 atom stereocenters. The summed E-state index contributed by atoms with van der Waals surface area (Å²) in [4.78, 5) is 22.7. The van der Waals surface area contributed by atoms with E-state index in [-0.39, 0.29) is 25.7 Å². The van der Waals surface area contributed by atoms with Gasteiger partial charge in [0.15, 0.2) is 0 Å². The van der Waals surface area contributed by atoms with Crippen LogP contribution in [0.4, 0.5) is 0 Å². The Morgan fingerprint density at radius 1 is 0.618 bits per heavy atom. The molecular weight excluding hydrogens is 707 g/mol. The molecule has 0 rings (SSSR count). The largest absolute Gasteiger partial charge is 0.472 e. The molecule has 0 aliphatic rings. The van der Waals surface area contributed by atoms with Gasteiger partial charge in [-0.15, -0.1) is 0 Å². The second-order valence-corrected chi connectivity index (χ2v) is 16.0. The van der Waals surface area contributed by atoms with E-state index in [1.54, 1.807) is 0 Å². The lowest BCUT2D eigenvalue weighted by Gasteiger charge is -2.25. The summed E-state index contributed by atoms with van der Waals surface area (Å²) < 4.78 is 22.2. The van der Waals surface area contributed by atoms with Gasteiger partial charge in [-0.25, -0.2) is 4.57 Å². The number of allylic oxidation sites excluding steroid dienone is 12. The zero-order valence-corrected chi connectivity index (χ0v) is 36.0. The highest BCUT2D eigenvalue weighted by Crippen LogP contribution is 2.43. The van der Waals surface area contributed by atoms with Crippen LogP contribution in [0, 0.1) is 0 Å². The van der Waals surface area contributed by atoms with Crippen LogP contribution in [-0.2, 0) is 18.4 Å². The van der Waals surface area contributed by atoms with E-state index in [4.69, 9.17) is 14.8 Å². The molecule has 0 heterocycles. The van der Waals surface area contributed by atoms with Crippen LogP contribution in [0.2, 0.25) is 0 Å². The average molecular weight is 791 g/mol. The second kappa shape index (κ2) is 41.6. The number of carbonyl (C=O) groups excluding carboxylic acids is 1. The summed E-state index contributed by atoms with van der Waals surface area (Å²) in [7, 11) is -4.33. The van der Waals surface area contributed by atoms with Crippen LogP contribution in [-0.4, -0.2) is 47.8 Å². The smallest absolute Gasteiger partial charge is 0.391 e. The summed E-state index contributed by atoms with van der Waals surface area (Å²) in [5, 5.41) is 13.8. The number of phosphoric acid groups is 1. The van der Waals surface area contributed by atoms with E-state index >= 15 is 0 Å². The van der Waals surface area contributed by atoms with Crippen molar-refractivity contribution in [1.29, 1.82) is 0 Å². The van der Waals surface area contributed by atoms with E-state index in [0.717, 1.165) is 70.6 Å². The predicted octanol–water partition coefficient (Wildman–Crippen LogP) is 12.4. The first-order valence-corrected chi connectivity index (χ1v) is 23.5. The Balaban J connectivity index is 4.27. The molecule has 1 amide bonds. The summed E-state index contributed by atoms with van der Waals surface area (Å²) in [6.45, 7) is 4.05. The molecule has 0 radical (unpaired) electrons. The molecule has 3 unspecified atom stereocenters. The molecule has 0 spiro atoms. The van der Waals surface area contributed by atoms with Gasteiger partial charge < -0.3 is 21.1 Å². The highest BCUT2D eigenvalue weighted by molar-refractivity contribution is 7.47. The number of phosphoric ester groups is 1. The van der Waals surface area contributed by atoms with Crippen molar-refractivity contribution in [2.45, 2.75) is 193 Å². The van der Waals surface area contributed by atoms with E-state index in [9.17, 15) is 19.4 Å². The Morgan fingerprint density at radius 2 is 1.05 bits per heavy atom. The van der Waals surface area contributed by atoms with Crippen LogP contribution in [0.3, 0.4) is 0 Å². The minimum atomic E-state index is -4.33. The van der Waals surface area contributed by atoms with Crippen molar-refractivity contribution in [3.63, 3.8) is 0 Å². The van der Waals surface area contributed by atoms with Crippen molar-refractivity contribution in [1.82, 2.24) is 5.32 Å². The fourth-order valence-corrected chi connectivity index (χ4v) is 6.78. The molecule has 0 aromatic rings. The van der Waals surface area contributed by atoms with Gasteiger partial charge in [0.25, 0.3) is 0 Å². The molecule has 0 aromatic heterocycles. The maximum Gasteiger partial charge on any atom is 0.472 e. The van der Waals surface area contributed by atoms with Crippen LogP contribution in [0.25, 0.3) is 0 Å². The molecule has 9 heteroatoms. The Morgan fingerprint density at radius 3 is 1.51 bits per heavy atom. The standard InChI is InChI=1S/C46H83N2O6P/c1-3-5-7-9-11-13-15-17-19-20-21-22-23-24-26-28-30-32-34-36-38-40-46(50)48-44(43-54-55(51,52)53-42-41-47)45(49)39-37-35-33-31-29-27-25-18-16-14-12-10-8-6-4-2/h5,7,11,13,17,19,21-22,24,26,30,32,44-45,49H,3-4,6,8-10,12,14-16,18,20,23,25,27-29,31,33-43,47H2,1-2H3,(H,48,50)(H,51,52)/b7-5-,13-11-,19-17-,22-21-,26-24-,32-30-. The number of hydrogen-bond acceptors (Lipinski definition) is 6. The molecule has 0 saturated heterocycles. The zero-order valence-electron chi connectivity index (χ0n) is 35.1. The molecule has 0 bridgehead atoms. The van der Waals surface area contributed by atoms with E-state index in [1.807, 2.05) is 0 Å². The maximum absolute atomic E-state index is 12.8. The van der Waals surface area contributed by atoms with Crippen LogP contribution >= 0.6 is 7.82 Å². The highest BCUT2D eigenvalue weighted by Gasteiger charge is 2.27. The number of hydrogen-bond donors (Lipinski definition) is 4. The van der Waals surface area contributed by atoms with Crippen molar-refractivity contribution in [2.75, 3.05) is 19.8 Å². The number of amides is 1. The minimum Gasteiger partial charge on any atom is -0.391 e. The number of unbranched alkanes of at least 4 members (excludes halogenated alkanes) is 16. The molecule has 8 nitrogen and oxygen atoms in total. The molecule has 318 valence electrons. The van der Waals surface area contributed by atoms with Gasteiger partial charge in [-0.05, 0) is 64.2 Å². The molecule has 0 fully saturated rings. The predicted molar refractivity (Wildman–Crippen MR) is 235 cm³/mol. The van der Waals surface area contributed by atoms with Gasteiger partial charge in [0.2, 0.25) is 5.91 Å². The number of nitrogens with one attached hydrogen (secondary N) is 1. The molecule has 0 saturated carbocycles. The Labute approximate surface area is 337 Å². The lowest BCUT2D eigenvalue weighted by Crippen LogP contribution is -2.46. The van der Waals surface area contributed by atoms with Crippen molar-refractivity contribution in [3.05, 3.63) is 72.9 Å². The van der Waals surface area contributed by atoms with Crippen LogP contribution in [0.1, 0.15) is 181 Å². The summed E-state index contributed by atoms with van der Waals surface area (Å²) in [5.74, 6) is -0.206. The second-order valence-electron chi connectivity index (χ2n) is 14.5. The minimum absolute atomic E-state index is 0.0778. The van der Waals surface area contributed by atoms with Crippen molar-refractivity contribution < 1.29 is 28.4 Å². The fourth-order valence-electron chi connectivity index (χ4n) is 6.02. The summed E-state index contributed by atoms with van der Waals surface area (Å²) >= 11 is 0. The van der Waals surface area contributed by atoms with Gasteiger partial charge in [-0.3, -0.25) is 13.8 Å². The number of nitrogens with two attached hydrogens (primary N) is 1. The topological polar surface area (TPSA) is 131 Å². The lowest BCUT2D eigenvalue weighted by molar-refractivity contribution is -0.123. The van der Waals surface area contributed by atoms with Gasteiger partial charge in [0, 0.05) is 13.0 Å². The Hall–Kier alpha value is -2.06. The van der Waals surface area contributed by atoms with Crippen LogP contribution < -0.4 is 11.1 Å². The van der Waals surface area contributed by atoms with Crippen molar-refractivity contribution in [2.24, 2.45) is 5.73 Å². The number of aliphatic hydroxyl groups excluding tert-OH is 1. The third-order valence-corrected chi connectivity index (χ3v) is 10.3. The Kier molecular flexibility index (Phi) is 40.0. The number of aliphatic hydroxyl groups is 1. The third-order valence-electron chi connectivity index (χ3n) is 9.32. The van der Waals surface area contributed by atoms with Gasteiger partial charge in [0.05, 0.1) is 25.4 Å². The Bertz CT molecular complexity index is 1090. The fraction of sp³-hybridized carbons (Fsp3) is 0.717.